The van der Waals surface area contributed by atoms with Crippen molar-refractivity contribution >= 4 is 17.4 Å². The second-order valence-electron chi connectivity index (χ2n) is 8.30. The quantitative estimate of drug-likeness (QED) is 0.327. The Hall–Kier alpha value is -3.12. The third-order valence-electron chi connectivity index (χ3n) is 6.09. The van der Waals surface area contributed by atoms with Crippen LogP contribution in [0.3, 0.4) is 0 Å². The van der Waals surface area contributed by atoms with Gasteiger partial charge in [0.15, 0.2) is 0 Å². The number of hydrogen-bond donors (Lipinski definition) is 1. The van der Waals surface area contributed by atoms with Crippen molar-refractivity contribution in [3.05, 3.63) is 70.8 Å². The fraction of sp³-hybridized carbons (Fsp3) is 0.407. The predicted molar refractivity (Wildman–Crippen MR) is 130 cm³/mol. The Labute approximate surface area is 196 Å². The van der Waals surface area contributed by atoms with Crippen molar-refractivity contribution in [2.45, 2.75) is 40.2 Å². The van der Waals surface area contributed by atoms with Gasteiger partial charge in [0.25, 0.3) is 11.7 Å². The minimum absolute atomic E-state index is 0.130. The number of carbonyl (C=O) groups excluding carboxylic acids is 2. The molecule has 0 spiro atoms. The number of likely N-dealkylation sites (tertiary alicyclic amines) is 1. The molecule has 6 heteroatoms. The minimum atomic E-state index is -0.651. The van der Waals surface area contributed by atoms with Crippen LogP contribution in [0.2, 0.25) is 0 Å². The number of amides is 1. The van der Waals surface area contributed by atoms with E-state index in [1.165, 1.54) is 0 Å². The number of carbonyl (C=O) groups is 2. The van der Waals surface area contributed by atoms with Gasteiger partial charge in [-0.25, -0.2) is 0 Å². The first-order chi connectivity index (χ1) is 15.9. The number of rotatable bonds is 10. The first kappa shape index (κ1) is 24.5. The zero-order chi connectivity index (χ0) is 24.0. The van der Waals surface area contributed by atoms with E-state index < -0.39 is 17.7 Å². The summed E-state index contributed by atoms with van der Waals surface area (Å²) in [4.78, 5) is 30.0. The Balaban J connectivity index is 2.04. The lowest BCUT2D eigenvalue weighted by atomic mass is 9.95. The first-order valence-corrected chi connectivity index (χ1v) is 11.7. The molecule has 0 aromatic heterocycles. The molecule has 2 aromatic rings. The normalized spacial score (nSPS) is 17.7. The van der Waals surface area contributed by atoms with E-state index in [0.717, 1.165) is 36.4 Å². The van der Waals surface area contributed by atoms with Crippen LogP contribution in [0.25, 0.3) is 5.76 Å². The smallest absolute Gasteiger partial charge is 0.295 e. The molecule has 1 amide bonds. The van der Waals surface area contributed by atoms with E-state index in [1.54, 1.807) is 17.0 Å². The van der Waals surface area contributed by atoms with Gasteiger partial charge in [-0.3, -0.25) is 9.59 Å². The van der Waals surface area contributed by atoms with E-state index in [-0.39, 0.29) is 11.3 Å². The zero-order valence-corrected chi connectivity index (χ0v) is 20.0. The SMILES string of the molecule is CCCOc1ccc(C2/C(=C(/O)c3ccc(C)cc3)C(=O)C(=O)N2CCN(CC)CC)cc1. The van der Waals surface area contributed by atoms with E-state index in [4.69, 9.17) is 4.74 Å². The van der Waals surface area contributed by atoms with E-state index in [0.29, 0.717) is 25.3 Å². The van der Waals surface area contributed by atoms with Gasteiger partial charge in [0.2, 0.25) is 0 Å². The van der Waals surface area contributed by atoms with Crippen molar-refractivity contribution in [3.8, 4) is 5.75 Å². The van der Waals surface area contributed by atoms with Gasteiger partial charge in [-0.2, -0.15) is 0 Å². The van der Waals surface area contributed by atoms with Gasteiger partial charge in [0.05, 0.1) is 18.2 Å². The lowest BCUT2D eigenvalue weighted by Gasteiger charge is -2.28. The van der Waals surface area contributed by atoms with Crippen LogP contribution < -0.4 is 4.74 Å². The number of likely N-dealkylation sites (N-methyl/N-ethyl adjacent to an activating group) is 1. The Bertz CT molecular complexity index is 992. The van der Waals surface area contributed by atoms with E-state index >= 15 is 0 Å². The highest BCUT2D eigenvalue weighted by Gasteiger charge is 2.45. The molecule has 2 aromatic carbocycles. The Kier molecular flexibility index (Phi) is 8.28. The lowest BCUT2D eigenvalue weighted by molar-refractivity contribution is -0.140. The Morgan fingerprint density at radius 3 is 2.21 bits per heavy atom. The molecule has 1 heterocycles. The zero-order valence-electron chi connectivity index (χ0n) is 20.0. The topological polar surface area (TPSA) is 70.1 Å². The fourth-order valence-corrected chi connectivity index (χ4v) is 4.08. The van der Waals surface area contributed by atoms with E-state index in [2.05, 4.69) is 18.7 Å². The van der Waals surface area contributed by atoms with Crippen LogP contribution in [0, 0.1) is 6.92 Å². The molecular weight excluding hydrogens is 416 g/mol. The molecule has 6 nitrogen and oxygen atoms in total. The van der Waals surface area contributed by atoms with Crippen LogP contribution in [0.15, 0.2) is 54.1 Å². The van der Waals surface area contributed by atoms with E-state index in [9.17, 15) is 14.7 Å². The van der Waals surface area contributed by atoms with Crippen LogP contribution in [-0.2, 0) is 9.59 Å². The summed E-state index contributed by atoms with van der Waals surface area (Å²) in [6.45, 7) is 11.5. The number of ketones is 1. The average molecular weight is 451 g/mol. The molecule has 1 atom stereocenters. The number of Topliss-reactive ketones (excluding diaryl/α,β-unsaturated/α-hetero) is 1. The highest BCUT2D eigenvalue weighted by molar-refractivity contribution is 6.46. The van der Waals surface area contributed by atoms with Crippen molar-refractivity contribution in [3.63, 3.8) is 0 Å². The highest BCUT2D eigenvalue weighted by atomic mass is 16.5. The summed E-state index contributed by atoms with van der Waals surface area (Å²) in [7, 11) is 0. The van der Waals surface area contributed by atoms with Crippen molar-refractivity contribution in [1.29, 1.82) is 0 Å². The molecule has 1 unspecified atom stereocenters. The van der Waals surface area contributed by atoms with Crippen LogP contribution in [0.5, 0.6) is 5.75 Å². The molecule has 33 heavy (non-hydrogen) atoms. The monoisotopic (exact) mass is 450 g/mol. The number of aryl methyl sites for hydroxylation is 1. The molecular formula is C27H34N2O4. The second kappa shape index (κ2) is 11.1. The Morgan fingerprint density at radius 1 is 1.00 bits per heavy atom. The Morgan fingerprint density at radius 2 is 1.64 bits per heavy atom. The molecule has 1 aliphatic heterocycles. The van der Waals surface area contributed by atoms with Crippen molar-refractivity contribution in [1.82, 2.24) is 9.80 Å². The molecule has 0 aliphatic carbocycles. The summed E-state index contributed by atoms with van der Waals surface area (Å²) < 4.78 is 5.69. The van der Waals surface area contributed by atoms with Gasteiger partial charge in [0.1, 0.15) is 11.5 Å². The minimum Gasteiger partial charge on any atom is -0.507 e. The summed E-state index contributed by atoms with van der Waals surface area (Å²) in [6, 6.07) is 14.1. The molecule has 0 radical (unpaired) electrons. The van der Waals surface area contributed by atoms with E-state index in [1.807, 2.05) is 50.2 Å². The van der Waals surface area contributed by atoms with Crippen molar-refractivity contribution < 1.29 is 19.4 Å². The van der Waals surface area contributed by atoms with Crippen LogP contribution >= 0.6 is 0 Å². The maximum absolute atomic E-state index is 13.1. The van der Waals surface area contributed by atoms with Gasteiger partial charge in [-0.15, -0.1) is 0 Å². The summed E-state index contributed by atoms with van der Waals surface area (Å²) in [6.07, 6.45) is 0.907. The largest absolute Gasteiger partial charge is 0.507 e. The third-order valence-corrected chi connectivity index (χ3v) is 6.09. The third kappa shape index (κ3) is 5.45. The van der Waals surface area contributed by atoms with Gasteiger partial charge >= 0.3 is 0 Å². The summed E-state index contributed by atoms with van der Waals surface area (Å²) in [5.41, 5.74) is 2.47. The van der Waals surface area contributed by atoms with Gasteiger partial charge < -0.3 is 19.6 Å². The maximum atomic E-state index is 13.1. The van der Waals surface area contributed by atoms with Crippen LogP contribution in [0.1, 0.15) is 49.9 Å². The number of ether oxygens (including phenoxy) is 1. The van der Waals surface area contributed by atoms with Gasteiger partial charge in [-0.1, -0.05) is 62.7 Å². The molecule has 1 saturated heterocycles. The number of benzene rings is 2. The number of hydrogen-bond acceptors (Lipinski definition) is 5. The van der Waals surface area contributed by atoms with Gasteiger partial charge in [0, 0.05) is 18.7 Å². The predicted octanol–water partition coefficient (Wildman–Crippen LogP) is 4.55. The second-order valence-corrected chi connectivity index (χ2v) is 8.30. The lowest BCUT2D eigenvalue weighted by Crippen LogP contribution is -2.38. The molecule has 3 rings (SSSR count). The van der Waals surface area contributed by atoms with Crippen molar-refractivity contribution in [2.24, 2.45) is 0 Å². The number of nitrogens with zero attached hydrogens (tertiary/aromatic N) is 2. The molecule has 0 bridgehead atoms. The van der Waals surface area contributed by atoms with Gasteiger partial charge in [-0.05, 0) is 44.1 Å². The summed E-state index contributed by atoms with van der Waals surface area (Å²) in [5.74, 6) is -0.634. The molecule has 1 fully saturated rings. The first-order valence-electron chi connectivity index (χ1n) is 11.7. The number of aliphatic hydroxyl groups is 1. The fourth-order valence-electron chi connectivity index (χ4n) is 4.08. The molecule has 1 N–H and O–H groups in total. The molecule has 0 saturated carbocycles. The number of aliphatic hydroxyl groups excluding tert-OH is 1. The standard InChI is InChI=1S/C27H34N2O4/c1-5-18-33-22-14-12-20(13-15-22)24-23(25(30)21-10-8-19(4)9-11-21)26(31)27(32)29(24)17-16-28(6-2)7-3/h8-15,24,30H,5-7,16-18H2,1-4H3/b25-23-. The highest BCUT2D eigenvalue weighted by Crippen LogP contribution is 2.39. The van der Waals surface area contributed by atoms with Crippen LogP contribution in [0.4, 0.5) is 0 Å². The average Bonchev–Trinajstić information content (AvgIpc) is 3.08. The maximum Gasteiger partial charge on any atom is 0.295 e. The molecule has 1 aliphatic rings. The summed E-state index contributed by atoms with van der Waals surface area (Å²) >= 11 is 0. The van der Waals surface area contributed by atoms with Crippen LogP contribution in [-0.4, -0.2) is 59.4 Å². The van der Waals surface area contributed by atoms with Crippen molar-refractivity contribution in [2.75, 3.05) is 32.8 Å². The summed E-state index contributed by atoms with van der Waals surface area (Å²) in [5, 5.41) is 11.1. The molecule has 176 valence electrons.